The molecule has 148 valence electrons. The Bertz CT molecular complexity index is 927. The molecular formula is C26H27FN2. The van der Waals surface area contributed by atoms with Gasteiger partial charge in [0.1, 0.15) is 5.82 Å². The van der Waals surface area contributed by atoms with E-state index < -0.39 is 0 Å². The number of piperazine rings is 1. The fourth-order valence-electron chi connectivity index (χ4n) is 4.92. The van der Waals surface area contributed by atoms with Crippen molar-refractivity contribution in [1.29, 1.82) is 0 Å². The van der Waals surface area contributed by atoms with E-state index in [9.17, 15) is 4.39 Å². The molecule has 2 aliphatic rings. The van der Waals surface area contributed by atoms with Gasteiger partial charge in [-0.25, -0.2) is 4.39 Å². The summed E-state index contributed by atoms with van der Waals surface area (Å²) < 4.78 is 13.2. The van der Waals surface area contributed by atoms with Crippen LogP contribution in [0.15, 0.2) is 72.8 Å². The molecule has 1 aliphatic heterocycles. The van der Waals surface area contributed by atoms with Crippen molar-refractivity contribution >= 4 is 0 Å². The van der Waals surface area contributed by atoms with Gasteiger partial charge in [-0.15, -0.1) is 0 Å². The highest BCUT2D eigenvalue weighted by Gasteiger charge is 2.30. The first-order valence-electron chi connectivity index (χ1n) is 10.6. The van der Waals surface area contributed by atoms with Crippen molar-refractivity contribution in [2.75, 3.05) is 26.2 Å². The van der Waals surface area contributed by atoms with Gasteiger partial charge in [-0.2, -0.15) is 0 Å². The summed E-state index contributed by atoms with van der Waals surface area (Å²) in [5.74, 6) is -0.163. The zero-order chi connectivity index (χ0) is 19.6. The zero-order valence-corrected chi connectivity index (χ0v) is 16.7. The fraction of sp³-hybridized carbons (Fsp3) is 0.308. The van der Waals surface area contributed by atoms with Crippen LogP contribution in [-0.4, -0.2) is 36.0 Å². The molecule has 1 heterocycles. The van der Waals surface area contributed by atoms with Crippen molar-refractivity contribution in [1.82, 2.24) is 9.80 Å². The van der Waals surface area contributed by atoms with E-state index in [-0.39, 0.29) is 5.82 Å². The van der Waals surface area contributed by atoms with Crippen LogP contribution in [0, 0.1) is 5.82 Å². The number of rotatable bonds is 3. The summed E-state index contributed by atoms with van der Waals surface area (Å²) in [7, 11) is 0. The maximum Gasteiger partial charge on any atom is 0.123 e. The number of aryl methyl sites for hydroxylation is 2. The van der Waals surface area contributed by atoms with E-state index in [1.807, 2.05) is 12.1 Å². The summed E-state index contributed by atoms with van der Waals surface area (Å²) in [5, 5.41) is 0. The van der Waals surface area contributed by atoms with Crippen molar-refractivity contribution in [2.45, 2.75) is 25.4 Å². The quantitative estimate of drug-likeness (QED) is 0.636. The predicted octanol–water partition coefficient (Wildman–Crippen LogP) is 4.83. The lowest BCUT2D eigenvalue weighted by Gasteiger charge is -2.40. The molecule has 0 aromatic heterocycles. The molecule has 2 nitrogen and oxygen atoms in total. The van der Waals surface area contributed by atoms with E-state index in [2.05, 4.69) is 58.3 Å². The maximum absolute atomic E-state index is 13.2. The summed E-state index contributed by atoms with van der Waals surface area (Å²) in [6.07, 6.45) is 2.24. The lowest BCUT2D eigenvalue weighted by Crippen LogP contribution is -2.47. The largest absolute Gasteiger partial charge is 0.297 e. The number of halogens is 1. The van der Waals surface area contributed by atoms with Crippen LogP contribution in [0.3, 0.4) is 0 Å². The highest BCUT2D eigenvalue weighted by Crippen LogP contribution is 2.37. The van der Waals surface area contributed by atoms with E-state index in [0.717, 1.165) is 45.6 Å². The van der Waals surface area contributed by atoms with Crippen LogP contribution in [0.4, 0.5) is 4.39 Å². The molecule has 0 unspecified atom stereocenters. The number of hydrogen-bond acceptors (Lipinski definition) is 2. The summed E-state index contributed by atoms with van der Waals surface area (Å²) >= 11 is 0. The Balaban J connectivity index is 1.37. The van der Waals surface area contributed by atoms with Crippen LogP contribution < -0.4 is 0 Å². The molecule has 0 saturated carbocycles. The molecule has 1 fully saturated rings. The molecule has 0 spiro atoms. The van der Waals surface area contributed by atoms with E-state index in [1.54, 1.807) is 12.1 Å². The summed E-state index contributed by atoms with van der Waals surface area (Å²) in [6.45, 7) is 5.07. The Hall–Kier alpha value is -2.49. The minimum Gasteiger partial charge on any atom is -0.297 e. The molecule has 0 radical (unpaired) electrons. The molecule has 0 amide bonds. The average Bonchev–Trinajstić information content (AvgIpc) is 2.93. The van der Waals surface area contributed by atoms with E-state index in [4.69, 9.17) is 0 Å². The van der Waals surface area contributed by atoms with Gasteiger partial charge in [0.2, 0.25) is 0 Å². The summed E-state index contributed by atoms with van der Waals surface area (Å²) in [6, 6.07) is 25.2. The minimum absolute atomic E-state index is 0.163. The third-order valence-corrected chi connectivity index (χ3v) is 6.45. The van der Waals surface area contributed by atoms with Gasteiger partial charge < -0.3 is 0 Å². The molecule has 0 N–H and O–H groups in total. The number of hydrogen-bond donors (Lipinski definition) is 0. The molecule has 3 aromatic carbocycles. The lowest BCUT2D eigenvalue weighted by molar-refractivity contribution is 0.104. The minimum atomic E-state index is -0.163. The van der Waals surface area contributed by atoms with E-state index in [1.165, 1.54) is 27.8 Å². The highest BCUT2D eigenvalue weighted by atomic mass is 19.1. The predicted molar refractivity (Wildman–Crippen MR) is 115 cm³/mol. The van der Waals surface area contributed by atoms with Gasteiger partial charge in [-0.1, -0.05) is 60.7 Å². The van der Waals surface area contributed by atoms with Crippen LogP contribution in [0.2, 0.25) is 0 Å². The van der Waals surface area contributed by atoms with Crippen LogP contribution in [0.5, 0.6) is 0 Å². The third-order valence-electron chi connectivity index (χ3n) is 6.45. The van der Waals surface area contributed by atoms with Gasteiger partial charge in [0.05, 0.1) is 6.04 Å². The molecule has 5 rings (SSSR count). The first-order valence-corrected chi connectivity index (χ1v) is 10.6. The Kier molecular flexibility index (Phi) is 5.17. The monoisotopic (exact) mass is 386 g/mol. The number of nitrogens with zero attached hydrogens (tertiary/aromatic N) is 2. The number of benzene rings is 3. The second-order valence-electron chi connectivity index (χ2n) is 8.24. The Labute approximate surface area is 172 Å². The first-order chi connectivity index (χ1) is 14.3. The van der Waals surface area contributed by atoms with Gasteiger partial charge in [0, 0.05) is 32.7 Å². The van der Waals surface area contributed by atoms with Crippen LogP contribution >= 0.6 is 0 Å². The molecule has 0 bridgehead atoms. The Morgan fingerprint density at radius 2 is 1.24 bits per heavy atom. The standard InChI is InChI=1S/C26H27FN2/c27-23-13-9-20(10-14-23)19-28-15-17-29(18-16-28)26-24-7-3-1-5-21(24)11-12-22-6-2-4-8-25(22)26/h1-10,13-14,26H,11-12,15-19H2. The fourth-order valence-corrected chi connectivity index (χ4v) is 4.92. The van der Waals surface area contributed by atoms with Gasteiger partial charge >= 0.3 is 0 Å². The van der Waals surface area contributed by atoms with Gasteiger partial charge in [-0.05, 0) is 52.8 Å². The zero-order valence-electron chi connectivity index (χ0n) is 16.7. The smallest absolute Gasteiger partial charge is 0.123 e. The second-order valence-corrected chi connectivity index (χ2v) is 8.24. The van der Waals surface area contributed by atoms with Gasteiger partial charge in [-0.3, -0.25) is 9.80 Å². The summed E-state index contributed by atoms with van der Waals surface area (Å²) in [5.41, 5.74) is 7.11. The topological polar surface area (TPSA) is 6.48 Å². The van der Waals surface area contributed by atoms with Crippen LogP contribution in [0.25, 0.3) is 0 Å². The molecule has 1 saturated heterocycles. The van der Waals surface area contributed by atoms with Crippen molar-refractivity contribution in [3.63, 3.8) is 0 Å². The van der Waals surface area contributed by atoms with Crippen molar-refractivity contribution in [3.8, 4) is 0 Å². The first kappa shape index (κ1) is 18.5. The Morgan fingerprint density at radius 3 is 1.83 bits per heavy atom. The SMILES string of the molecule is Fc1ccc(CN2CCN(C3c4ccccc4CCc4ccccc43)CC2)cc1. The maximum atomic E-state index is 13.2. The van der Waals surface area contributed by atoms with Crippen molar-refractivity contribution in [3.05, 3.63) is 106 Å². The summed E-state index contributed by atoms with van der Waals surface area (Å²) in [4.78, 5) is 5.14. The average molecular weight is 387 g/mol. The highest BCUT2D eigenvalue weighted by molar-refractivity contribution is 5.44. The van der Waals surface area contributed by atoms with E-state index >= 15 is 0 Å². The van der Waals surface area contributed by atoms with E-state index in [0.29, 0.717) is 6.04 Å². The van der Waals surface area contributed by atoms with Gasteiger partial charge in [0.15, 0.2) is 0 Å². The molecule has 0 atom stereocenters. The molecule has 1 aliphatic carbocycles. The second kappa shape index (κ2) is 8.10. The molecular weight excluding hydrogens is 359 g/mol. The number of fused-ring (bicyclic) bond motifs is 2. The molecule has 3 heteroatoms. The van der Waals surface area contributed by atoms with Crippen LogP contribution in [-0.2, 0) is 19.4 Å². The lowest BCUT2D eigenvalue weighted by atomic mass is 9.92. The van der Waals surface area contributed by atoms with Crippen molar-refractivity contribution in [2.24, 2.45) is 0 Å². The molecule has 29 heavy (non-hydrogen) atoms. The normalized spacial score (nSPS) is 18.1. The van der Waals surface area contributed by atoms with Gasteiger partial charge in [0.25, 0.3) is 0 Å². The Morgan fingerprint density at radius 1 is 0.690 bits per heavy atom. The van der Waals surface area contributed by atoms with Crippen LogP contribution in [0.1, 0.15) is 33.9 Å². The van der Waals surface area contributed by atoms with Crippen molar-refractivity contribution < 1.29 is 4.39 Å². The third kappa shape index (κ3) is 3.85. The molecule has 3 aromatic rings.